The Bertz CT molecular complexity index is 264. The first kappa shape index (κ1) is 16.1. The summed E-state index contributed by atoms with van der Waals surface area (Å²) in [4.78, 5) is 0. The summed E-state index contributed by atoms with van der Waals surface area (Å²) < 4.78 is 11.3. The summed E-state index contributed by atoms with van der Waals surface area (Å²) in [5.41, 5.74) is 1.26. The van der Waals surface area contributed by atoms with E-state index in [-0.39, 0.29) is 6.29 Å². The summed E-state index contributed by atoms with van der Waals surface area (Å²) in [6.45, 7) is 5.52. The lowest BCUT2D eigenvalue weighted by atomic mass is 10.3. The molecule has 0 spiro atoms. The van der Waals surface area contributed by atoms with Crippen LogP contribution in [0.1, 0.15) is 19.4 Å². The molecule has 0 unspecified atom stereocenters. The van der Waals surface area contributed by atoms with Crippen LogP contribution in [0.4, 0.5) is 0 Å². The fraction of sp³-hybridized carbons (Fsp3) is 0.636. The first-order chi connectivity index (χ1) is 7.77. The van der Waals surface area contributed by atoms with Crippen molar-refractivity contribution in [2.75, 3.05) is 20.8 Å². The molecule has 0 amide bonds. The number of ether oxygens (including phenoxy) is 2. The summed E-state index contributed by atoms with van der Waals surface area (Å²) in [5.74, 6) is 0. The van der Waals surface area contributed by atoms with Gasteiger partial charge in [0.15, 0.2) is 6.29 Å². The first-order valence-corrected chi connectivity index (χ1v) is 6.98. The number of rotatable bonds is 6. The minimum atomic E-state index is -0.174. The average Bonchev–Trinajstić information content (AvgIpc) is 2.73. The van der Waals surface area contributed by atoms with E-state index in [4.69, 9.17) is 9.47 Å². The van der Waals surface area contributed by atoms with Crippen molar-refractivity contribution >= 4 is 27.3 Å². The molecule has 16 heavy (non-hydrogen) atoms. The summed E-state index contributed by atoms with van der Waals surface area (Å²) in [7, 11) is 3.27. The zero-order valence-electron chi connectivity index (χ0n) is 10.2. The predicted molar refractivity (Wildman–Crippen MR) is 72.9 cm³/mol. The van der Waals surface area contributed by atoms with E-state index < -0.39 is 0 Å². The maximum atomic E-state index is 5.06. The van der Waals surface area contributed by atoms with Crippen LogP contribution in [0.2, 0.25) is 0 Å². The van der Waals surface area contributed by atoms with E-state index in [0.29, 0.717) is 6.54 Å². The van der Waals surface area contributed by atoms with Gasteiger partial charge in [-0.2, -0.15) is 11.3 Å². The minimum Gasteiger partial charge on any atom is -0.355 e. The highest BCUT2D eigenvalue weighted by Gasteiger charge is 2.05. The second kappa shape index (κ2) is 10.2. The van der Waals surface area contributed by atoms with E-state index in [1.54, 1.807) is 25.6 Å². The smallest absolute Gasteiger partial charge is 0.169 e. The van der Waals surface area contributed by atoms with Gasteiger partial charge in [-0.15, -0.1) is 0 Å². The molecule has 0 fully saturated rings. The summed E-state index contributed by atoms with van der Waals surface area (Å²) in [6, 6.07) is 0. The Labute approximate surface area is 110 Å². The Balaban J connectivity index is 0.00000106. The molecular formula is C11H20BrNO2S. The third-order valence-corrected chi connectivity index (χ3v) is 3.67. The van der Waals surface area contributed by atoms with Crippen LogP contribution in [0.3, 0.4) is 0 Å². The topological polar surface area (TPSA) is 30.5 Å². The minimum absolute atomic E-state index is 0.174. The molecule has 3 nitrogen and oxygen atoms in total. The Morgan fingerprint density at radius 1 is 1.31 bits per heavy atom. The second-order valence-corrected chi connectivity index (χ2v) is 4.37. The van der Waals surface area contributed by atoms with Crippen LogP contribution in [-0.2, 0) is 16.0 Å². The SMILES string of the molecule is CC.COC(CNCc1cscc1Br)OC. The normalized spacial score (nSPS) is 10.1. The molecule has 0 aromatic carbocycles. The van der Waals surface area contributed by atoms with Crippen molar-refractivity contribution in [3.05, 3.63) is 20.8 Å². The third-order valence-electron chi connectivity index (χ3n) is 1.84. The van der Waals surface area contributed by atoms with E-state index >= 15 is 0 Å². The molecular weight excluding hydrogens is 290 g/mol. The van der Waals surface area contributed by atoms with E-state index in [1.807, 2.05) is 13.8 Å². The van der Waals surface area contributed by atoms with Gasteiger partial charge in [0.25, 0.3) is 0 Å². The summed E-state index contributed by atoms with van der Waals surface area (Å²) >= 11 is 5.16. The second-order valence-electron chi connectivity index (χ2n) is 2.78. The van der Waals surface area contributed by atoms with Gasteiger partial charge in [-0.3, -0.25) is 0 Å². The fourth-order valence-corrected chi connectivity index (χ4v) is 2.46. The molecule has 1 aromatic heterocycles. The molecule has 1 rings (SSSR count). The molecule has 5 heteroatoms. The molecule has 1 heterocycles. The Hall–Kier alpha value is 0.0600. The summed E-state index contributed by atoms with van der Waals surface area (Å²) in [6.07, 6.45) is -0.174. The fourth-order valence-electron chi connectivity index (χ4n) is 1.02. The lowest BCUT2D eigenvalue weighted by molar-refractivity contribution is -0.0989. The monoisotopic (exact) mass is 309 g/mol. The number of hydrogen-bond donors (Lipinski definition) is 1. The van der Waals surface area contributed by atoms with Crippen molar-refractivity contribution in [1.82, 2.24) is 5.32 Å². The van der Waals surface area contributed by atoms with E-state index in [2.05, 4.69) is 32.0 Å². The molecule has 0 saturated heterocycles. The van der Waals surface area contributed by atoms with E-state index in [1.165, 1.54) is 5.56 Å². The lowest BCUT2D eigenvalue weighted by Gasteiger charge is -2.13. The van der Waals surface area contributed by atoms with Crippen molar-refractivity contribution in [2.45, 2.75) is 26.7 Å². The van der Waals surface area contributed by atoms with Crippen LogP contribution in [0, 0.1) is 0 Å². The van der Waals surface area contributed by atoms with Gasteiger partial charge in [0.1, 0.15) is 0 Å². The highest BCUT2D eigenvalue weighted by Crippen LogP contribution is 2.20. The van der Waals surface area contributed by atoms with Gasteiger partial charge in [-0.25, -0.2) is 0 Å². The van der Waals surface area contributed by atoms with Crippen LogP contribution in [0.5, 0.6) is 0 Å². The molecule has 0 aliphatic heterocycles. The number of nitrogens with one attached hydrogen (secondary N) is 1. The van der Waals surface area contributed by atoms with Gasteiger partial charge in [0, 0.05) is 37.2 Å². The van der Waals surface area contributed by atoms with Crippen molar-refractivity contribution in [2.24, 2.45) is 0 Å². The lowest BCUT2D eigenvalue weighted by Crippen LogP contribution is -2.29. The number of hydrogen-bond acceptors (Lipinski definition) is 4. The number of thiophene rings is 1. The largest absolute Gasteiger partial charge is 0.355 e. The molecule has 1 N–H and O–H groups in total. The maximum absolute atomic E-state index is 5.06. The molecule has 0 atom stereocenters. The molecule has 0 bridgehead atoms. The number of methoxy groups -OCH3 is 2. The van der Waals surface area contributed by atoms with Crippen LogP contribution >= 0.6 is 27.3 Å². The first-order valence-electron chi connectivity index (χ1n) is 5.24. The molecule has 0 saturated carbocycles. The van der Waals surface area contributed by atoms with Crippen molar-refractivity contribution in [3.63, 3.8) is 0 Å². The van der Waals surface area contributed by atoms with Crippen LogP contribution in [0.25, 0.3) is 0 Å². The van der Waals surface area contributed by atoms with Crippen molar-refractivity contribution < 1.29 is 9.47 Å². The van der Waals surface area contributed by atoms with E-state index in [9.17, 15) is 0 Å². The molecule has 0 aliphatic carbocycles. The quantitative estimate of drug-likeness (QED) is 0.818. The van der Waals surface area contributed by atoms with Crippen molar-refractivity contribution in [1.29, 1.82) is 0 Å². The maximum Gasteiger partial charge on any atom is 0.169 e. The Kier molecular flexibility index (Phi) is 10.3. The molecule has 94 valence electrons. The van der Waals surface area contributed by atoms with Gasteiger partial charge in [0.2, 0.25) is 0 Å². The zero-order valence-corrected chi connectivity index (χ0v) is 12.7. The van der Waals surface area contributed by atoms with Gasteiger partial charge in [-0.1, -0.05) is 13.8 Å². The Morgan fingerprint density at radius 3 is 2.38 bits per heavy atom. The van der Waals surface area contributed by atoms with Gasteiger partial charge >= 0.3 is 0 Å². The Morgan fingerprint density at radius 2 is 1.94 bits per heavy atom. The van der Waals surface area contributed by atoms with Gasteiger partial charge in [-0.05, 0) is 26.9 Å². The average molecular weight is 310 g/mol. The highest BCUT2D eigenvalue weighted by molar-refractivity contribution is 9.10. The molecule has 0 aliphatic rings. The van der Waals surface area contributed by atoms with Crippen LogP contribution < -0.4 is 5.32 Å². The van der Waals surface area contributed by atoms with Crippen LogP contribution in [0.15, 0.2) is 15.2 Å². The van der Waals surface area contributed by atoms with Gasteiger partial charge < -0.3 is 14.8 Å². The molecule has 0 radical (unpaired) electrons. The van der Waals surface area contributed by atoms with E-state index in [0.717, 1.165) is 11.0 Å². The standard InChI is InChI=1S/C9H14BrNO2S.C2H6/c1-12-9(13-2)4-11-3-7-5-14-6-8(7)10;1-2/h5-6,9,11H,3-4H2,1-2H3;1-2H3. The number of halogens is 1. The van der Waals surface area contributed by atoms with Crippen molar-refractivity contribution in [3.8, 4) is 0 Å². The predicted octanol–water partition coefficient (Wildman–Crippen LogP) is 3.25. The van der Waals surface area contributed by atoms with Gasteiger partial charge in [0.05, 0.1) is 0 Å². The highest BCUT2D eigenvalue weighted by atomic mass is 79.9. The van der Waals surface area contributed by atoms with Crippen LogP contribution in [-0.4, -0.2) is 27.1 Å². The molecule has 1 aromatic rings. The summed E-state index contributed by atoms with van der Waals surface area (Å²) in [5, 5.41) is 7.44. The third kappa shape index (κ3) is 5.96. The zero-order chi connectivity index (χ0) is 12.4.